The summed E-state index contributed by atoms with van der Waals surface area (Å²) in [6.07, 6.45) is 12.7. The Hall–Kier alpha value is -2.24. The number of nitrogens with zero attached hydrogens (tertiary/aromatic N) is 3. The van der Waals surface area contributed by atoms with Crippen LogP contribution in [0.5, 0.6) is 0 Å². The fourth-order valence-electron chi connectivity index (χ4n) is 6.86. The first-order valence-corrected chi connectivity index (χ1v) is 15.9. The zero-order chi connectivity index (χ0) is 28.5. The lowest BCUT2D eigenvalue weighted by molar-refractivity contribution is -0.135. The van der Waals surface area contributed by atoms with E-state index >= 15 is 0 Å². The van der Waals surface area contributed by atoms with E-state index in [4.69, 9.17) is 11.6 Å². The molecule has 2 aromatic rings. The Balaban J connectivity index is 1.27. The van der Waals surface area contributed by atoms with Gasteiger partial charge >= 0.3 is 0 Å². The minimum Gasteiger partial charge on any atom is -0.335 e. The quantitative estimate of drug-likeness (QED) is 0.193. The van der Waals surface area contributed by atoms with Crippen LogP contribution in [0.25, 0.3) is 0 Å². The van der Waals surface area contributed by atoms with Crippen LogP contribution in [-0.2, 0) is 11.3 Å². The summed E-state index contributed by atoms with van der Waals surface area (Å²) in [4.78, 5) is 35.5. The monoisotopic (exact) mass is 565 g/mol. The number of likely N-dealkylation sites (tertiary alicyclic amines) is 1. The molecule has 1 unspecified atom stereocenters. The maximum atomic E-state index is 13.6. The highest BCUT2D eigenvalue weighted by atomic mass is 35.5. The summed E-state index contributed by atoms with van der Waals surface area (Å²) in [5, 5.41) is 0.442. The molecule has 40 heavy (non-hydrogen) atoms. The largest absolute Gasteiger partial charge is 0.335 e. The normalized spacial score (nSPS) is 18.0. The molecule has 218 valence electrons. The van der Waals surface area contributed by atoms with Crippen molar-refractivity contribution >= 4 is 23.3 Å². The molecule has 1 saturated carbocycles. The van der Waals surface area contributed by atoms with E-state index in [2.05, 4.69) is 46.0 Å². The van der Waals surface area contributed by atoms with Gasteiger partial charge in [0.15, 0.2) is 5.78 Å². The van der Waals surface area contributed by atoms with Crippen molar-refractivity contribution in [3.63, 3.8) is 0 Å². The van der Waals surface area contributed by atoms with Crippen LogP contribution in [0.3, 0.4) is 0 Å². The summed E-state index contributed by atoms with van der Waals surface area (Å²) < 4.78 is 0. The zero-order valence-electron chi connectivity index (χ0n) is 24.8. The lowest BCUT2D eigenvalue weighted by Crippen LogP contribution is -2.49. The third-order valence-electron chi connectivity index (χ3n) is 9.24. The number of pyridine rings is 1. The Kier molecular flexibility index (Phi) is 11.6. The van der Waals surface area contributed by atoms with Crippen LogP contribution in [0.4, 0.5) is 0 Å². The summed E-state index contributed by atoms with van der Waals surface area (Å²) in [5.41, 5.74) is 3.57. The van der Waals surface area contributed by atoms with E-state index in [0.717, 1.165) is 67.9 Å². The number of amides is 1. The van der Waals surface area contributed by atoms with E-state index < -0.39 is 0 Å². The highest BCUT2D eigenvalue weighted by Gasteiger charge is 2.30. The van der Waals surface area contributed by atoms with E-state index in [1.165, 1.54) is 37.7 Å². The third-order valence-corrected chi connectivity index (χ3v) is 9.43. The average molecular weight is 566 g/mol. The first kappa shape index (κ1) is 30.7. The van der Waals surface area contributed by atoms with Gasteiger partial charge in [0.25, 0.3) is 0 Å². The van der Waals surface area contributed by atoms with Gasteiger partial charge in [-0.15, -0.1) is 0 Å². The zero-order valence-corrected chi connectivity index (χ0v) is 25.6. The van der Waals surface area contributed by atoms with Gasteiger partial charge < -0.3 is 9.80 Å². The van der Waals surface area contributed by atoms with Crippen LogP contribution in [0.2, 0.25) is 5.15 Å². The van der Waals surface area contributed by atoms with Gasteiger partial charge in [-0.05, 0) is 76.0 Å². The molecule has 0 radical (unpaired) electrons. The van der Waals surface area contributed by atoms with E-state index in [1.54, 1.807) is 6.07 Å². The Morgan fingerprint density at radius 3 is 2.40 bits per heavy atom. The van der Waals surface area contributed by atoms with Crippen LogP contribution >= 0.6 is 11.6 Å². The average Bonchev–Trinajstić information content (AvgIpc) is 2.95. The molecule has 4 rings (SSSR count). The summed E-state index contributed by atoms with van der Waals surface area (Å²) in [5.74, 6) is 1.23. The molecule has 0 spiro atoms. The molecule has 2 fully saturated rings. The summed E-state index contributed by atoms with van der Waals surface area (Å²) in [6, 6.07) is 13.0. The number of rotatable bonds is 12. The first-order chi connectivity index (χ1) is 19.3. The minimum atomic E-state index is 0.161. The predicted molar refractivity (Wildman–Crippen MR) is 164 cm³/mol. The number of Topliss-reactive ketones (excluding diaryl/α,β-unsaturated/α-hetero) is 1. The Labute approximate surface area is 246 Å². The standard InChI is InChI=1S/C34H48ClN3O2/c1-25-23-32(35)36-27(3)34(25)31(39)16-10-11-26(2)37-21-19-30(20-22-37)38(24-29-14-8-5-9-15-29)33(40)18-17-28-12-6-4-7-13-28/h5,8-9,14-15,23,26,28,30H,4,6-7,10-13,16-22,24H2,1-3H3. The second-order valence-electron chi connectivity index (χ2n) is 12.2. The van der Waals surface area contributed by atoms with E-state index in [9.17, 15) is 9.59 Å². The van der Waals surface area contributed by atoms with E-state index in [-0.39, 0.29) is 5.78 Å². The minimum absolute atomic E-state index is 0.161. The number of hydrogen-bond donors (Lipinski definition) is 0. The van der Waals surface area contributed by atoms with E-state index in [0.29, 0.717) is 42.5 Å². The maximum absolute atomic E-state index is 13.6. The number of carbonyl (C=O) groups excluding carboxylic acids is 2. The Bertz CT molecular complexity index is 1080. The van der Waals surface area contributed by atoms with Crippen molar-refractivity contribution in [1.82, 2.24) is 14.8 Å². The molecule has 1 aliphatic carbocycles. The fourth-order valence-corrected chi connectivity index (χ4v) is 7.15. The van der Waals surface area contributed by atoms with Gasteiger partial charge in [-0.2, -0.15) is 0 Å². The van der Waals surface area contributed by atoms with Crippen LogP contribution in [0.15, 0.2) is 36.4 Å². The number of aromatic nitrogens is 1. The maximum Gasteiger partial charge on any atom is 0.223 e. The van der Waals surface area contributed by atoms with Gasteiger partial charge in [0.1, 0.15) is 5.15 Å². The number of hydrogen-bond acceptors (Lipinski definition) is 4. The topological polar surface area (TPSA) is 53.5 Å². The molecule has 0 N–H and O–H groups in total. The molecule has 0 bridgehead atoms. The Morgan fingerprint density at radius 2 is 1.73 bits per heavy atom. The summed E-state index contributed by atoms with van der Waals surface area (Å²) in [6.45, 7) is 8.79. The predicted octanol–water partition coefficient (Wildman–Crippen LogP) is 7.95. The molecule has 1 aromatic heterocycles. The van der Waals surface area contributed by atoms with Crippen LogP contribution in [0, 0.1) is 19.8 Å². The molecule has 2 heterocycles. The number of carbonyl (C=O) groups is 2. The van der Waals surface area contributed by atoms with Crippen molar-refractivity contribution in [3.05, 3.63) is 63.9 Å². The number of piperidine rings is 1. The van der Waals surface area contributed by atoms with Crippen molar-refractivity contribution < 1.29 is 9.59 Å². The van der Waals surface area contributed by atoms with Crippen molar-refractivity contribution in [3.8, 4) is 0 Å². The first-order valence-electron chi connectivity index (χ1n) is 15.6. The SMILES string of the molecule is Cc1cc(Cl)nc(C)c1C(=O)CCCC(C)N1CCC(N(Cc2ccccc2)C(=O)CCC2CCCCC2)CC1. The third kappa shape index (κ3) is 8.63. The van der Waals surface area contributed by atoms with Crippen molar-refractivity contribution in [2.75, 3.05) is 13.1 Å². The van der Waals surface area contributed by atoms with Gasteiger partial charge in [0, 0.05) is 50.1 Å². The Morgan fingerprint density at radius 1 is 1.02 bits per heavy atom. The summed E-state index contributed by atoms with van der Waals surface area (Å²) in [7, 11) is 0. The van der Waals surface area contributed by atoms with Crippen LogP contribution in [0.1, 0.15) is 111 Å². The molecule has 1 atom stereocenters. The van der Waals surface area contributed by atoms with Crippen molar-refractivity contribution in [2.24, 2.45) is 5.92 Å². The van der Waals surface area contributed by atoms with Gasteiger partial charge in [0.05, 0.1) is 5.69 Å². The number of benzene rings is 1. The lowest BCUT2D eigenvalue weighted by Gasteiger charge is -2.41. The van der Waals surface area contributed by atoms with Gasteiger partial charge in [-0.3, -0.25) is 9.59 Å². The molecule has 1 aliphatic heterocycles. The highest BCUT2D eigenvalue weighted by Crippen LogP contribution is 2.29. The van der Waals surface area contributed by atoms with Crippen LogP contribution < -0.4 is 0 Å². The van der Waals surface area contributed by atoms with Gasteiger partial charge in [-0.25, -0.2) is 4.98 Å². The molecule has 1 aromatic carbocycles. The van der Waals surface area contributed by atoms with Gasteiger partial charge in [-0.1, -0.05) is 74.0 Å². The smallest absolute Gasteiger partial charge is 0.223 e. The summed E-state index contributed by atoms with van der Waals surface area (Å²) >= 11 is 6.04. The number of halogens is 1. The molecule has 1 saturated heterocycles. The molecule has 1 amide bonds. The van der Waals surface area contributed by atoms with Crippen molar-refractivity contribution in [2.45, 2.75) is 116 Å². The second kappa shape index (κ2) is 15.1. The molecule has 6 heteroatoms. The highest BCUT2D eigenvalue weighted by molar-refractivity contribution is 6.29. The number of ketones is 1. The molecule has 5 nitrogen and oxygen atoms in total. The molecular formula is C34H48ClN3O2. The van der Waals surface area contributed by atoms with Crippen molar-refractivity contribution in [1.29, 1.82) is 0 Å². The molecule has 2 aliphatic rings. The van der Waals surface area contributed by atoms with E-state index in [1.807, 2.05) is 19.9 Å². The lowest BCUT2D eigenvalue weighted by atomic mass is 9.86. The molecular weight excluding hydrogens is 518 g/mol. The second-order valence-corrected chi connectivity index (χ2v) is 12.6. The van der Waals surface area contributed by atoms with Crippen LogP contribution in [-0.4, -0.2) is 51.6 Å². The number of aryl methyl sites for hydroxylation is 2. The van der Waals surface area contributed by atoms with Gasteiger partial charge in [0.2, 0.25) is 5.91 Å². The fraction of sp³-hybridized carbons (Fsp3) is 0.618.